The lowest BCUT2D eigenvalue weighted by atomic mass is 9.99. The summed E-state index contributed by atoms with van der Waals surface area (Å²) in [6.07, 6.45) is 0. The molecule has 0 saturated carbocycles. The van der Waals surface area contributed by atoms with E-state index >= 15 is 0 Å². The molecule has 0 radical (unpaired) electrons. The molecule has 11 rings (SSSR count). The van der Waals surface area contributed by atoms with Crippen LogP contribution in [0, 0.1) is 0 Å². The summed E-state index contributed by atoms with van der Waals surface area (Å²) < 4.78 is 8.95. The molecule has 0 aliphatic carbocycles. The van der Waals surface area contributed by atoms with E-state index in [2.05, 4.69) is 174 Å². The van der Waals surface area contributed by atoms with E-state index < -0.39 is 0 Å². The quantitative estimate of drug-likeness (QED) is 0.172. The molecule has 3 heterocycles. The Morgan fingerprint density at radius 1 is 0.375 bits per heavy atom. The fraction of sp³-hybridized carbons (Fsp3) is 0. The molecule has 0 bridgehead atoms. The molecule has 5 heteroatoms. The largest absolute Gasteiger partial charge is 0.454 e. The molecule has 0 aliphatic rings. The van der Waals surface area contributed by atoms with Crippen molar-refractivity contribution in [1.82, 2.24) is 19.5 Å². The van der Waals surface area contributed by atoms with Crippen LogP contribution >= 0.6 is 0 Å². The van der Waals surface area contributed by atoms with E-state index in [0.29, 0.717) is 17.6 Å². The summed E-state index contributed by atoms with van der Waals surface area (Å²) in [5.41, 5.74) is 12.0. The van der Waals surface area contributed by atoms with Gasteiger partial charge in [-0.25, -0.2) is 4.98 Å². The number of hydrogen-bond acceptors (Lipinski definition) is 4. The summed E-state index contributed by atoms with van der Waals surface area (Å²) in [6.45, 7) is 0. The smallest absolute Gasteiger partial charge is 0.238 e. The lowest BCUT2D eigenvalue weighted by Crippen LogP contribution is -2.06. The number of furan rings is 1. The number of para-hydroxylation sites is 1. The van der Waals surface area contributed by atoms with Gasteiger partial charge in [-0.2, -0.15) is 9.97 Å². The molecule has 0 saturated heterocycles. The summed E-state index contributed by atoms with van der Waals surface area (Å²) in [5.74, 6) is 1.68. The third-order valence-electron chi connectivity index (χ3n) is 10.7. The highest BCUT2D eigenvalue weighted by atomic mass is 16.3. The van der Waals surface area contributed by atoms with Gasteiger partial charge in [-0.05, 0) is 63.7 Å². The van der Waals surface area contributed by atoms with Gasteiger partial charge in [0.15, 0.2) is 17.2 Å². The zero-order valence-corrected chi connectivity index (χ0v) is 30.2. The van der Waals surface area contributed by atoms with Gasteiger partial charge in [0.05, 0.1) is 5.52 Å². The number of fused-ring (bicyclic) bond motifs is 7. The van der Waals surface area contributed by atoms with Gasteiger partial charge in [-0.15, -0.1) is 0 Å². The van der Waals surface area contributed by atoms with Gasteiger partial charge in [-0.3, -0.25) is 4.57 Å². The zero-order valence-electron chi connectivity index (χ0n) is 30.2. The molecule has 0 aliphatic heterocycles. The second-order valence-electron chi connectivity index (χ2n) is 14.0. The van der Waals surface area contributed by atoms with Gasteiger partial charge in [-0.1, -0.05) is 164 Å². The van der Waals surface area contributed by atoms with E-state index in [4.69, 9.17) is 19.4 Å². The SMILES string of the molecule is c1ccc(-c2cccc(-c3nc(-c4cccc(-c5ccccc5)c4)nc(-n4c5cccc(-c6ccccc6)c5c5ccc6c7ccccc7oc6c54)n3)c2)cc1. The Bertz CT molecular complexity index is 3140. The summed E-state index contributed by atoms with van der Waals surface area (Å²) in [6, 6.07) is 67.3. The molecular formula is C51H32N4O. The van der Waals surface area contributed by atoms with Gasteiger partial charge in [0.25, 0.3) is 0 Å². The van der Waals surface area contributed by atoms with Crippen LogP contribution in [0.4, 0.5) is 0 Å². The highest BCUT2D eigenvalue weighted by molar-refractivity contribution is 6.24. The van der Waals surface area contributed by atoms with Crippen molar-refractivity contribution < 1.29 is 4.42 Å². The van der Waals surface area contributed by atoms with E-state index in [0.717, 1.165) is 88.3 Å². The first-order valence-electron chi connectivity index (χ1n) is 18.8. The Labute approximate surface area is 322 Å². The summed E-state index contributed by atoms with van der Waals surface area (Å²) >= 11 is 0. The molecule has 0 unspecified atom stereocenters. The predicted molar refractivity (Wildman–Crippen MR) is 229 cm³/mol. The van der Waals surface area contributed by atoms with E-state index in [1.165, 1.54) is 0 Å². The number of nitrogens with zero attached hydrogens (tertiary/aromatic N) is 4. The van der Waals surface area contributed by atoms with Crippen LogP contribution in [0.15, 0.2) is 199 Å². The maximum Gasteiger partial charge on any atom is 0.238 e. The van der Waals surface area contributed by atoms with E-state index in [1.807, 2.05) is 24.3 Å². The van der Waals surface area contributed by atoms with Gasteiger partial charge in [0.1, 0.15) is 11.1 Å². The third-order valence-corrected chi connectivity index (χ3v) is 10.7. The average molecular weight is 717 g/mol. The van der Waals surface area contributed by atoms with Crippen LogP contribution in [0.3, 0.4) is 0 Å². The maximum atomic E-state index is 6.77. The summed E-state index contributed by atoms with van der Waals surface area (Å²) in [5, 5.41) is 4.28. The molecular weight excluding hydrogens is 685 g/mol. The first kappa shape index (κ1) is 31.9. The van der Waals surface area contributed by atoms with Crippen LogP contribution in [0.25, 0.3) is 106 Å². The van der Waals surface area contributed by atoms with Crippen LogP contribution in [0.5, 0.6) is 0 Å². The molecule has 3 aromatic heterocycles. The van der Waals surface area contributed by atoms with Crippen molar-refractivity contribution >= 4 is 43.7 Å². The van der Waals surface area contributed by atoms with Crippen molar-refractivity contribution in [3.63, 3.8) is 0 Å². The molecule has 8 aromatic carbocycles. The third kappa shape index (κ3) is 5.29. The van der Waals surface area contributed by atoms with Crippen molar-refractivity contribution in [2.75, 3.05) is 0 Å². The van der Waals surface area contributed by atoms with Crippen molar-refractivity contribution in [1.29, 1.82) is 0 Å². The molecule has 56 heavy (non-hydrogen) atoms. The van der Waals surface area contributed by atoms with Crippen LogP contribution in [-0.2, 0) is 0 Å². The molecule has 0 spiro atoms. The number of aromatic nitrogens is 4. The van der Waals surface area contributed by atoms with Crippen molar-refractivity contribution in [3.8, 4) is 62.1 Å². The molecule has 0 fully saturated rings. The standard InChI is InChI=1S/C51H32N4O/c1-4-15-33(16-5-1)36-21-12-23-38(31-36)49-52-50(39-24-13-22-37(32-39)34-17-6-2-7-18-34)54-51(53-49)55-44-27-14-26-40(35-19-8-3-9-20-35)46(44)43-30-29-42-41-25-10-11-28-45(41)56-48(42)47(43)55/h1-32H. The van der Waals surface area contributed by atoms with Crippen LogP contribution in [0.2, 0.25) is 0 Å². The Morgan fingerprint density at radius 2 is 0.893 bits per heavy atom. The minimum absolute atomic E-state index is 0.512. The fourth-order valence-electron chi connectivity index (χ4n) is 8.05. The monoisotopic (exact) mass is 716 g/mol. The molecule has 11 aromatic rings. The van der Waals surface area contributed by atoms with Crippen molar-refractivity contribution in [3.05, 3.63) is 194 Å². The topological polar surface area (TPSA) is 56.7 Å². The normalized spacial score (nSPS) is 11.6. The second kappa shape index (κ2) is 13.0. The van der Waals surface area contributed by atoms with Gasteiger partial charge >= 0.3 is 0 Å². The summed E-state index contributed by atoms with van der Waals surface area (Å²) in [4.78, 5) is 15.9. The zero-order chi connectivity index (χ0) is 37.0. The summed E-state index contributed by atoms with van der Waals surface area (Å²) in [7, 11) is 0. The Morgan fingerprint density at radius 3 is 1.54 bits per heavy atom. The van der Waals surface area contributed by atoms with Crippen LogP contribution in [-0.4, -0.2) is 19.5 Å². The number of benzene rings is 8. The minimum atomic E-state index is 0.512. The first-order chi connectivity index (χ1) is 27.8. The molecule has 0 atom stereocenters. The predicted octanol–water partition coefficient (Wildman–Crippen LogP) is 13.2. The Kier molecular flexibility index (Phi) is 7.42. The highest BCUT2D eigenvalue weighted by Crippen LogP contribution is 2.43. The lowest BCUT2D eigenvalue weighted by molar-refractivity contribution is 0.670. The number of hydrogen-bond donors (Lipinski definition) is 0. The molecule has 262 valence electrons. The molecule has 0 N–H and O–H groups in total. The second-order valence-corrected chi connectivity index (χ2v) is 14.0. The van der Waals surface area contributed by atoms with Crippen LogP contribution < -0.4 is 0 Å². The maximum absolute atomic E-state index is 6.77. The van der Waals surface area contributed by atoms with E-state index in [1.54, 1.807) is 0 Å². The van der Waals surface area contributed by atoms with Gasteiger partial charge in [0, 0.05) is 32.7 Å². The Balaban J connectivity index is 1.23. The average Bonchev–Trinajstić information content (AvgIpc) is 3.83. The van der Waals surface area contributed by atoms with E-state index in [9.17, 15) is 0 Å². The minimum Gasteiger partial charge on any atom is -0.454 e. The fourth-order valence-corrected chi connectivity index (χ4v) is 8.05. The van der Waals surface area contributed by atoms with Crippen molar-refractivity contribution in [2.45, 2.75) is 0 Å². The van der Waals surface area contributed by atoms with E-state index in [-0.39, 0.29) is 0 Å². The first-order valence-corrected chi connectivity index (χ1v) is 18.8. The van der Waals surface area contributed by atoms with Gasteiger partial charge < -0.3 is 4.42 Å². The van der Waals surface area contributed by atoms with Crippen molar-refractivity contribution in [2.24, 2.45) is 0 Å². The van der Waals surface area contributed by atoms with Gasteiger partial charge in [0.2, 0.25) is 5.95 Å². The lowest BCUT2D eigenvalue weighted by Gasteiger charge is -2.12. The van der Waals surface area contributed by atoms with Crippen LogP contribution in [0.1, 0.15) is 0 Å². The molecule has 5 nitrogen and oxygen atoms in total. The molecule has 0 amide bonds. The Hall–Kier alpha value is -7.63. The number of rotatable bonds is 6. The highest BCUT2D eigenvalue weighted by Gasteiger charge is 2.24.